The van der Waals surface area contributed by atoms with Gasteiger partial charge in [-0.25, -0.2) is 0 Å². The summed E-state index contributed by atoms with van der Waals surface area (Å²) in [5, 5.41) is 5.76. The molecule has 0 aromatic rings. The van der Waals surface area contributed by atoms with Crippen molar-refractivity contribution in [3.63, 3.8) is 0 Å². The summed E-state index contributed by atoms with van der Waals surface area (Å²) in [6, 6.07) is -0.321. The van der Waals surface area contributed by atoms with Gasteiger partial charge >= 0.3 is 0 Å². The first-order valence-corrected chi connectivity index (χ1v) is 12.0. The number of carbonyl (C=O) groups excluding carboxylic acids is 2. The van der Waals surface area contributed by atoms with Crippen molar-refractivity contribution in [3.05, 3.63) is 12.2 Å². The third-order valence-electron chi connectivity index (χ3n) is 5.54. The van der Waals surface area contributed by atoms with E-state index >= 15 is 0 Å². The quantitative estimate of drug-likeness (QED) is 0.257. The Morgan fingerprint density at radius 1 is 0.929 bits per heavy atom. The van der Waals surface area contributed by atoms with E-state index in [0.29, 0.717) is 6.42 Å². The molecule has 2 N–H and O–H groups in total. The van der Waals surface area contributed by atoms with Gasteiger partial charge in [0.15, 0.2) is 0 Å². The van der Waals surface area contributed by atoms with Gasteiger partial charge in [-0.2, -0.15) is 0 Å². The molecular formula is C24H44N2O2. The summed E-state index contributed by atoms with van der Waals surface area (Å²) >= 11 is 0. The van der Waals surface area contributed by atoms with E-state index in [0.717, 1.165) is 38.6 Å². The van der Waals surface area contributed by atoms with E-state index in [-0.39, 0.29) is 17.9 Å². The zero-order valence-electron chi connectivity index (χ0n) is 18.3. The van der Waals surface area contributed by atoms with Crippen LogP contribution in [0.2, 0.25) is 0 Å². The van der Waals surface area contributed by atoms with E-state index in [1.165, 1.54) is 70.6 Å². The minimum atomic E-state index is -0.321. The number of rotatable bonds is 16. The first kappa shape index (κ1) is 24.7. The van der Waals surface area contributed by atoms with Gasteiger partial charge in [-0.05, 0) is 51.4 Å². The molecule has 162 valence electrons. The van der Waals surface area contributed by atoms with Crippen molar-refractivity contribution in [1.29, 1.82) is 0 Å². The normalized spacial score (nSPS) is 17.5. The fourth-order valence-electron chi connectivity index (χ4n) is 3.70. The van der Waals surface area contributed by atoms with Crippen LogP contribution in [0.5, 0.6) is 0 Å². The minimum Gasteiger partial charge on any atom is -0.354 e. The van der Waals surface area contributed by atoms with E-state index in [1.807, 2.05) is 0 Å². The maximum absolute atomic E-state index is 12.0. The van der Waals surface area contributed by atoms with Gasteiger partial charge in [-0.3, -0.25) is 9.59 Å². The number of hydrogen-bond donors (Lipinski definition) is 2. The summed E-state index contributed by atoms with van der Waals surface area (Å²) < 4.78 is 0. The molecule has 1 rings (SSSR count). The number of nitrogens with one attached hydrogen (secondary N) is 2. The second kappa shape index (κ2) is 17.8. The highest BCUT2D eigenvalue weighted by Gasteiger charge is 2.21. The summed E-state index contributed by atoms with van der Waals surface area (Å²) in [6.45, 7) is 3.00. The van der Waals surface area contributed by atoms with Gasteiger partial charge in [0, 0.05) is 13.0 Å². The van der Waals surface area contributed by atoms with Crippen LogP contribution in [0, 0.1) is 0 Å². The highest BCUT2D eigenvalue weighted by atomic mass is 16.2. The van der Waals surface area contributed by atoms with Gasteiger partial charge in [-0.1, -0.05) is 70.4 Å². The first-order chi connectivity index (χ1) is 13.7. The predicted molar refractivity (Wildman–Crippen MR) is 118 cm³/mol. The summed E-state index contributed by atoms with van der Waals surface area (Å²) in [4.78, 5) is 23.8. The second-order valence-electron chi connectivity index (χ2n) is 8.24. The van der Waals surface area contributed by atoms with Gasteiger partial charge in [0.05, 0.1) is 0 Å². The molecule has 0 aromatic carbocycles. The van der Waals surface area contributed by atoms with Gasteiger partial charge in [0.1, 0.15) is 6.04 Å². The van der Waals surface area contributed by atoms with Crippen LogP contribution in [0.4, 0.5) is 0 Å². The van der Waals surface area contributed by atoms with Gasteiger partial charge in [0.2, 0.25) is 11.8 Å². The molecule has 1 saturated heterocycles. The Morgan fingerprint density at radius 2 is 1.54 bits per heavy atom. The monoisotopic (exact) mass is 392 g/mol. The molecule has 28 heavy (non-hydrogen) atoms. The molecule has 0 spiro atoms. The predicted octanol–water partition coefficient (Wildman–Crippen LogP) is 5.81. The van der Waals surface area contributed by atoms with Crippen LogP contribution in [0.25, 0.3) is 0 Å². The largest absolute Gasteiger partial charge is 0.354 e. The van der Waals surface area contributed by atoms with Crippen LogP contribution in [-0.2, 0) is 9.59 Å². The van der Waals surface area contributed by atoms with Gasteiger partial charge in [0.25, 0.3) is 0 Å². The molecule has 4 nitrogen and oxygen atoms in total. The number of hydrogen-bond acceptors (Lipinski definition) is 2. The second-order valence-corrected chi connectivity index (χ2v) is 8.24. The third kappa shape index (κ3) is 13.8. The fourth-order valence-corrected chi connectivity index (χ4v) is 3.70. The molecular weight excluding hydrogens is 348 g/mol. The van der Waals surface area contributed by atoms with Crippen LogP contribution in [0.15, 0.2) is 12.2 Å². The average molecular weight is 393 g/mol. The van der Waals surface area contributed by atoms with Crippen molar-refractivity contribution in [3.8, 4) is 0 Å². The summed E-state index contributed by atoms with van der Waals surface area (Å²) in [5.41, 5.74) is 0. The Morgan fingerprint density at radius 3 is 2.21 bits per heavy atom. The molecule has 2 amide bonds. The molecule has 1 fully saturated rings. The lowest BCUT2D eigenvalue weighted by atomic mass is 10.1. The molecule has 0 aromatic heterocycles. The molecule has 0 aliphatic carbocycles. The Balaban J connectivity index is 1.87. The highest BCUT2D eigenvalue weighted by molar-refractivity contribution is 5.87. The SMILES string of the molecule is CCCCCCCC/C=C\CCCCCCCC(=O)NC1CCCCNC1=O. The Bertz CT molecular complexity index is 434. The highest BCUT2D eigenvalue weighted by Crippen LogP contribution is 2.10. The standard InChI is InChI=1S/C24H44N2O2/c1-2-3-4-5-6-7-8-9-10-11-12-13-14-15-16-20-23(27)26-22-19-17-18-21-25-24(22)28/h9-10,22H,2-8,11-21H2,1H3,(H,25,28)(H,26,27)/b10-9-. The summed E-state index contributed by atoms with van der Waals surface area (Å²) in [6.07, 6.45) is 24.4. The van der Waals surface area contributed by atoms with Crippen molar-refractivity contribution in [2.45, 2.75) is 122 Å². The third-order valence-corrected chi connectivity index (χ3v) is 5.54. The molecule has 1 atom stereocenters. The van der Waals surface area contributed by atoms with E-state index in [4.69, 9.17) is 0 Å². The molecule has 1 heterocycles. The van der Waals surface area contributed by atoms with Crippen LogP contribution in [0.3, 0.4) is 0 Å². The van der Waals surface area contributed by atoms with Crippen molar-refractivity contribution >= 4 is 11.8 Å². The molecule has 1 unspecified atom stereocenters. The van der Waals surface area contributed by atoms with E-state index < -0.39 is 0 Å². The molecule has 0 radical (unpaired) electrons. The number of unbranched alkanes of at least 4 members (excludes halogenated alkanes) is 11. The van der Waals surface area contributed by atoms with Crippen molar-refractivity contribution in [1.82, 2.24) is 10.6 Å². The van der Waals surface area contributed by atoms with Crippen LogP contribution in [0.1, 0.15) is 116 Å². The lowest BCUT2D eigenvalue weighted by molar-refractivity contribution is -0.128. The topological polar surface area (TPSA) is 58.2 Å². The molecule has 1 aliphatic rings. The zero-order chi connectivity index (χ0) is 20.3. The Hall–Kier alpha value is -1.32. The minimum absolute atomic E-state index is 0.0182. The zero-order valence-corrected chi connectivity index (χ0v) is 18.3. The van der Waals surface area contributed by atoms with E-state index in [2.05, 4.69) is 29.7 Å². The number of allylic oxidation sites excluding steroid dienone is 2. The summed E-state index contributed by atoms with van der Waals surface area (Å²) in [5.74, 6) is 0.00933. The van der Waals surface area contributed by atoms with Crippen LogP contribution < -0.4 is 10.6 Å². The Kier molecular flexibility index (Phi) is 15.7. The average Bonchev–Trinajstić information content (AvgIpc) is 2.89. The number of carbonyl (C=O) groups is 2. The van der Waals surface area contributed by atoms with Gasteiger partial charge in [-0.15, -0.1) is 0 Å². The van der Waals surface area contributed by atoms with Crippen LogP contribution in [-0.4, -0.2) is 24.4 Å². The van der Waals surface area contributed by atoms with E-state index in [1.54, 1.807) is 0 Å². The van der Waals surface area contributed by atoms with E-state index in [9.17, 15) is 9.59 Å². The summed E-state index contributed by atoms with van der Waals surface area (Å²) in [7, 11) is 0. The van der Waals surface area contributed by atoms with Crippen molar-refractivity contribution < 1.29 is 9.59 Å². The number of amides is 2. The lowest BCUT2D eigenvalue weighted by Gasteiger charge is -2.15. The smallest absolute Gasteiger partial charge is 0.242 e. The first-order valence-electron chi connectivity index (χ1n) is 12.0. The molecule has 1 aliphatic heterocycles. The lowest BCUT2D eigenvalue weighted by Crippen LogP contribution is -2.45. The maximum Gasteiger partial charge on any atom is 0.242 e. The van der Waals surface area contributed by atoms with Crippen LogP contribution >= 0.6 is 0 Å². The molecule has 0 bridgehead atoms. The fraction of sp³-hybridized carbons (Fsp3) is 0.833. The van der Waals surface area contributed by atoms with Crippen molar-refractivity contribution in [2.75, 3.05) is 6.54 Å². The van der Waals surface area contributed by atoms with Gasteiger partial charge < -0.3 is 10.6 Å². The maximum atomic E-state index is 12.0. The van der Waals surface area contributed by atoms with Crippen molar-refractivity contribution in [2.24, 2.45) is 0 Å². The Labute approximate surface area is 173 Å². The molecule has 0 saturated carbocycles. The molecule has 4 heteroatoms.